The van der Waals surface area contributed by atoms with Gasteiger partial charge in [0.15, 0.2) is 0 Å². The number of unbranched alkanes of at least 4 members (excludes halogenated alkanes) is 2. The Morgan fingerprint density at radius 3 is 2.51 bits per heavy atom. The van der Waals surface area contributed by atoms with Crippen LogP contribution in [0.2, 0.25) is 0 Å². The SMILES string of the molecule is C=N/C(CC)=C(\c1cc(/C(C)=C/C=C\C)cnc1NCc1c(F)cccc1F)N(C)C(C)CCCCC. The predicted octanol–water partition coefficient (Wildman–Crippen LogP) is 8.63. The van der Waals surface area contributed by atoms with Gasteiger partial charge in [0.1, 0.15) is 17.5 Å². The molecule has 1 heterocycles. The Kier molecular flexibility index (Phi) is 12.2. The standard InChI is InChI=1S/C31H42F2N4/c1-8-11-13-16-23(5)37(7)30(29(10-3)34-6)25-19-24(22(4)15-12-9-2)20-35-31(25)36-21-26-27(32)17-14-18-28(26)33/h9,12,14-15,17-20,23H,6,8,10-11,13,16,21H2,1-5,7H3,(H,35,36)/b12-9-,22-15+,30-29+. The van der Waals surface area contributed by atoms with Crippen LogP contribution in [0.5, 0.6) is 0 Å². The summed E-state index contributed by atoms with van der Waals surface area (Å²) in [5.74, 6) is -0.632. The zero-order valence-corrected chi connectivity index (χ0v) is 23.2. The highest BCUT2D eigenvalue weighted by molar-refractivity contribution is 5.79. The van der Waals surface area contributed by atoms with Gasteiger partial charge in [0, 0.05) is 37.0 Å². The van der Waals surface area contributed by atoms with Crippen LogP contribution >= 0.6 is 0 Å². The Hall–Kier alpha value is -3.28. The van der Waals surface area contributed by atoms with Crippen molar-refractivity contribution in [2.75, 3.05) is 12.4 Å². The minimum absolute atomic E-state index is 0.0205. The van der Waals surface area contributed by atoms with Gasteiger partial charge in [-0.05, 0) is 69.7 Å². The van der Waals surface area contributed by atoms with E-state index in [2.05, 4.69) is 55.8 Å². The number of halogens is 2. The van der Waals surface area contributed by atoms with Crippen molar-refractivity contribution in [3.8, 4) is 0 Å². The first-order valence-electron chi connectivity index (χ1n) is 13.2. The van der Waals surface area contributed by atoms with Crippen molar-refractivity contribution < 1.29 is 8.78 Å². The summed E-state index contributed by atoms with van der Waals surface area (Å²) in [4.78, 5) is 11.3. The third-order valence-corrected chi connectivity index (χ3v) is 6.67. The highest BCUT2D eigenvalue weighted by atomic mass is 19.1. The van der Waals surface area contributed by atoms with Crippen molar-refractivity contribution in [2.24, 2.45) is 4.99 Å². The molecule has 1 N–H and O–H groups in total. The van der Waals surface area contributed by atoms with E-state index >= 15 is 0 Å². The monoisotopic (exact) mass is 508 g/mol. The first-order valence-corrected chi connectivity index (χ1v) is 13.2. The van der Waals surface area contributed by atoms with Crippen LogP contribution in [0, 0.1) is 11.6 Å². The molecular weight excluding hydrogens is 466 g/mol. The van der Waals surface area contributed by atoms with E-state index in [-0.39, 0.29) is 18.2 Å². The van der Waals surface area contributed by atoms with Gasteiger partial charge in [0.05, 0.1) is 11.4 Å². The van der Waals surface area contributed by atoms with Crippen LogP contribution in [0.3, 0.4) is 0 Å². The number of pyridine rings is 1. The summed E-state index contributed by atoms with van der Waals surface area (Å²) in [5.41, 5.74) is 4.59. The summed E-state index contributed by atoms with van der Waals surface area (Å²) in [6.07, 6.45) is 13.0. The summed E-state index contributed by atoms with van der Waals surface area (Å²) >= 11 is 0. The quantitative estimate of drug-likeness (QED) is 0.158. The normalized spacial score (nSPS) is 13.5. The number of rotatable bonds is 14. The van der Waals surface area contributed by atoms with Gasteiger partial charge in [-0.1, -0.05) is 57.4 Å². The lowest BCUT2D eigenvalue weighted by Crippen LogP contribution is -2.29. The summed E-state index contributed by atoms with van der Waals surface area (Å²) < 4.78 is 28.7. The Morgan fingerprint density at radius 1 is 1.22 bits per heavy atom. The Balaban J connectivity index is 2.65. The molecule has 0 aliphatic heterocycles. The third kappa shape index (κ3) is 8.11. The molecule has 0 spiro atoms. The zero-order chi connectivity index (χ0) is 27.4. The molecule has 200 valence electrons. The molecule has 0 aliphatic rings. The van der Waals surface area contributed by atoms with Gasteiger partial charge in [-0.25, -0.2) is 13.8 Å². The maximum absolute atomic E-state index is 14.4. The van der Waals surface area contributed by atoms with E-state index in [0.29, 0.717) is 12.2 Å². The average Bonchev–Trinajstić information content (AvgIpc) is 2.89. The van der Waals surface area contributed by atoms with E-state index in [4.69, 9.17) is 4.98 Å². The molecule has 0 radical (unpaired) electrons. The third-order valence-electron chi connectivity index (χ3n) is 6.67. The summed E-state index contributed by atoms with van der Waals surface area (Å²) in [5, 5.41) is 3.20. The van der Waals surface area contributed by atoms with E-state index in [1.54, 1.807) is 6.20 Å². The molecule has 0 saturated carbocycles. The van der Waals surface area contributed by atoms with Crippen molar-refractivity contribution >= 4 is 23.8 Å². The number of benzene rings is 1. The lowest BCUT2D eigenvalue weighted by atomic mass is 10.0. The topological polar surface area (TPSA) is 40.5 Å². The highest BCUT2D eigenvalue weighted by Gasteiger charge is 2.22. The molecule has 1 aromatic carbocycles. The molecule has 1 atom stereocenters. The Labute approximate surface area is 221 Å². The molecule has 2 aromatic rings. The molecule has 4 nitrogen and oxygen atoms in total. The van der Waals surface area contributed by atoms with Crippen LogP contribution in [0.25, 0.3) is 11.3 Å². The zero-order valence-electron chi connectivity index (χ0n) is 23.2. The molecule has 1 unspecified atom stereocenters. The lowest BCUT2D eigenvalue weighted by Gasteiger charge is -2.32. The number of allylic oxidation sites excluding steroid dienone is 5. The van der Waals surface area contributed by atoms with Crippen molar-refractivity contribution in [3.05, 3.63) is 82.7 Å². The molecule has 6 heteroatoms. The second-order valence-corrected chi connectivity index (χ2v) is 9.31. The first kappa shape index (κ1) is 29.9. The second-order valence-electron chi connectivity index (χ2n) is 9.31. The van der Waals surface area contributed by atoms with Gasteiger partial charge in [-0.15, -0.1) is 0 Å². The van der Waals surface area contributed by atoms with Crippen LogP contribution in [0.4, 0.5) is 14.6 Å². The largest absolute Gasteiger partial charge is 0.370 e. The molecule has 0 aliphatic carbocycles. The minimum atomic E-state index is -0.588. The van der Waals surface area contributed by atoms with Gasteiger partial charge in [0.2, 0.25) is 0 Å². The smallest absolute Gasteiger partial charge is 0.135 e. The minimum Gasteiger partial charge on any atom is -0.370 e. The number of aliphatic imine (C=N–C) groups is 1. The fourth-order valence-electron chi connectivity index (χ4n) is 4.22. The highest BCUT2D eigenvalue weighted by Crippen LogP contribution is 2.34. The fraction of sp³-hybridized carbons (Fsp3) is 0.419. The second kappa shape index (κ2) is 15.1. The molecule has 0 bridgehead atoms. The van der Waals surface area contributed by atoms with Crippen LogP contribution in [0.15, 0.2) is 59.4 Å². The molecule has 0 amide bonds. The van der Waals surface area contributed by atoms with Crippen molar-refractivity contribution in [1.29, 1.82) is 0 Å². The summed E-state index contributed by atoms with van der Waals surface area (Å²) in [6.45, 7) is 14.3. The van der Waals surface area contributed by atoms with Crippen LogP contribution in [-0.4, -0.2) is 29.7 Å². The number of aromatic nitrogens is 1. The van der Waals surface area contributed by atoms with Crippen molar-refractivity contribution in [3.63, 3.8) is 0 Å². The Bertz CT molecular complexity index is 1110. The van der Waals surface area contributed by atoms with E-state index in [1.165, 1.54) is 24.6 Å². The van der Waals surface area contributed by atoms with Crippen molar-refractivity contribution in [1.82, 2.24) is 9.88 Å². The average molecular weight is 509 g/mol. The van der Waals surface area contributed by atoms with Crippen molar-refractivity contribution in [2.45, 2.75) is 79.3 Å². The van der Waals surface area contributed by atoms with Crippen LogP contribution < -0.4 is 5.32 Å². The van der Waals surface area contributed by atoms with Gasteiger partial charge < -0.3 is 10.2 Å². The number of nitrogens with one attached hydrogen (secondary N) is 1. The van der Waals surface area contributed by atoms with Gasteiger partial charge in [-0.3, -0.25) is 4.99 Å². The maximum Gasteiger partial charge on any atom is 0.135 e. The van der Waals surface area contributed by atoms with Crippen LogP contribution in [-0.2, 0) is 6.54 Å². The maximum atomic E-state index is 14.4. The number of anilines is 1. The first-order chi connectivity index (χ1) is 17.8. The van der Waals surface area contributed by atoms with Gasteiger partial charge in [-0.2, -0.15) is 0 Å². The molecule has 1 aromatic heterocycles. The fourth-order valence-corrected chi connectivity index (χ4v) is 4.22. The van der Waals surface area contributed by atoms with Gasteiger partial charge >= 0.3 is 0 Å². The predicted molar refractivity (Wildman–Crippen MR) is 155 cm³/mol. The van der Waals surface area contributed by atoms with Gasteiger partial charge in [0.25, 0.3) is 0 Å². The van der Waals surface area contributed by atoms with E-state index in [1.807, 2.05) is 32.1 Å². The van der Waals surface area contributed by atoms with E-state index in [0.717, 1.165) is 47.4 Å². The number of hydrogen-bond acceptors (Lipinski definition) is 4. The Morgan fingerprint density at radius 2 is 1.92 bits per heavy atom. The number of nitrogens with zero attached hydrogens (tertiary/aromatic N) is 3. The van der Waals surface area contributed by atoms with E-state index in [9.17, 15) is 8.78 Å². The lowest BCUT2D eigenvalue weighted by molar-refractivity contribution is 0.340. The number of hydrogen-bond donors (Lipinski definition) is 1. The molecule has 37 heavy (non-hydrogen) atoms. The van der Waals surface area contributed by atoms with Crippen LogP contribution in [0.1, 0.15) is 83.4 Å². The summed E-state index contributed by atoms with van der Waals surface area (Å²) in [6, 6.07) is 6.23. The molecule has 2 rings (SSSR count). The molecule has 0 saturated heterocycles. The van der Waals surface area contributed by atoms with E-state index < -0.39 is 11.6 Å². The summed E-state index contributed by atoms with van der Waals surface area (Å²) in [7, 11) is 2.07. The molecular formula is C31H42F2N4. The molecule has 0 fully saturated rings.